The van der Waals surface area contributed by atoms with Gasteiger partial charge in [0.05, 0.1) is 0 Å². The van der Waals surface area contributed by atoms with Crippen molar-refractivity contribution >= 4 is 22.4 Å². The van der Waals surface area contributed by atoms with Crippen molar-refractivity contribution in [2.45, 2.75) is 19.8 Å². The third kappa shape index (κ3) is 1.90. The van der Waals surface area contributed by atoms with Gasteiger partial charge in [-0.25, -0.2) is 0 Å². The average Bonchev–Trinajstić information content (AvgIpc) is 2.61. The Morgan fingerprint density at radius 2 is 2.20 bits per heavy atom. The Kier molecular flexibility index (Phi) is 2.78. The number of nitrogens with zero attached hydrogens (tertiary/aromatic N) is 3. The van der Waals surface area contributed by atoms with Gasteiger partial charge in [-0.3, -0.25) is 0 Å². The van der Waals surface area contributed by atoms with Gasteiger partial charge in [0.1, 0.15) is 16.6 Å². The first-order valence-corrected chi connectivity index (χ1v) is 5.90. The zero-order chi connectivity index (χ0) is 10.8. The van der Waals surface area contributed by atoms with Gasteiger partial charge in [0.25, 0.3) is 0 Å². The predicted octanol–water partition coefficient (Wildman–Crippen LogP) is 1.83. The highest BCUT2D eigenvalue weighted by atomic mass is 32.1. The number of anilines is 2. The van der Waals surface area contributed by atoms with Gasteiger partial charge in [0, 0.05) is 13.1 Å². The van der Waals surface area contributed by atoms with E-state index in [1.807, 2.05) is 0 Å². The normalized spacial score (nSPS) is 17.7. The van der Waals surface area contributed by atoms with Crippen molar-refractivity contribution in [1.29, 1.82) is 5.26 Å². The van der Waals surface area contributed by atoms with Crippen molar-refractivity contribution in [3.63, 3.8) is 0 Å². The van der Waals surface area contributed by atoms with Crippen molar-refractivity contribution in [1.82, 2.24) is 4.37 Å². The van der Waals surface area contributed by atoms with Crippen molar-refractivity contribution in [2.24, 2.45) is 5.92 Å². The molecule has 15 heavy (non-hydrogen) atoms. The summed E-state index contributed by atoms with van der Waals surface area (Å²) in [6.07, 6.45) is 2.37. The van der Waals surface area contributed by atoms with Gasteiger partial charge in [-0.05, 0) is 30.3 Å². The molecule has 0 saturated carbocycles. The number of nitriles is 1. The zero-order valence-electron chi connectivity index (χ0n) is 8.73. The molecule has 1 aliphatic rings. The maximum atomic E-state index is 8.98. The van der Waals surface area contributed by atoms with Crippen LogP contribution in [0.2, 0.25) is 0 Å². The zero-order valence-corrected chi connectivity index (χ0v) is 9.55. The van der Waals surface area contributed by atoms with Crippen LogP contribution >= 0.6 is 11.5 Å². The molecular weight excluding hydrogens is 208 g/mol. The number of rotatable bonds is 1. The summed E-state index contributed by atoms with van der Waals surface area (Å²) in [7, 11) is 0. The first kappa shape index (κ1) is 10.2. The minimum absolute atomic E-state index is 0.371. The van der Waals surface area contributed by atoms with Crippen LogP contribution in [0.4, 0.5) is 10.8 Å². The number of nitrogens with two attached hydrogens (primary N) is 1. The van der Waals surface area contributed by atoms with Crippen LogP contribution < -0.4 is 10.6 Å². The first-order chi connectivity index (χ1) is 7.22. The molecule has 1 aromatic rings. The van der Waals surface area contributed by atoms with Gasteiger partial charge in [-0.15, -0.1) is 0 Å². The van der Waals surface area contributed by atoms with Gasteiger partial charge in [-0.1, -0.05) is 6.92 Å². The summed E-state index contributed by atoms with van der Waals surface area (Å²) in [6.45, 7) is 4.29. The molecule has 80 valence electrons. The molecule has 2 heterocycles. The molecule has 0 spiro atoms. The van der Waals surface area contributed by atoms with Crippen LogP contribution in [0.1, 0.15) is 25.3 Å². The first-order valence-electron chi connectivity index (χ1n) is 5.12. The van der Waals surface area contributed by atoms with E-state index in [1.165, 1.54) is 24.4 Å². The largest absolute Gasteiger partial charge is 0.382 e. The summed E-state index contributed by atoms with van der Waals surface area (Å²) in [5.41, 5.74) is 6.19. The minimum atomic E-state index is 0.371. The fourth-order valence-electron chi connectivity index (χ4n) is 1.83. The average molecular weight is 222 g/mol. The number of piperidine rings is 1. The van der Waals surface area contributed by atoms with Crippen LogP contribution in [0.15, 0.2) is 0 Å². The van der Waals surface area contributed by atoms with Crippen LogP contribution in [0.3, 0.4) is 0 Å². The fraction of sp³-hybridized carbons (Fsp3) is 0.600. The Balaban J connectivity index is 2.20. The van der Waals surface area contributed by atoms with E-state index < -0.39 is 0 Å². The van der Waals surface area contributed by atoms with Gasteiger partial charge in [0.15, 0.2) is 5.82 Å². The van der Waals surface area contributed by atoms with E-state index in [-0.39, 0.29) is 0 Å². The van der Waals surface area contributed by atoms with E-state index >= 15 is 0 Å². The second-order valence-electron chi connectivity index (χ2n) is 4.03. The van der Waals surface area contributed by atoms with Gasteiger partial charge in [0.2, 0.25) is 0 Å². The third-order valence-electron chi connectivity index (χ3n) is 2.88. The van der Waals surface area contributed by atoms with Crippen LogP contribution in [-0.2, 0) is 0 Å². The summed E-state index contributed by atoms with van der Waals surface area (Å²) in [6, 6.07) is 2.13. The molecule has 2 N–H and O–H groups in total. The molecule has 0 atom stereocenters. The Bertz CT molecular complexity index is 385. The molecule has 1 saturated heterocycles. The topological polar surface area (TPSA) is 65.9 Å². The van der Waals surface area contributed by atoms with Gasteiger partial charge >= 0.3 is 0 Å². The lowest BCUT2D eigenvalue weighted by molar-refractivity contribution is 0.439. The van der Waals surface area contributed by atoms with Crippen molar-refractivity contribution in [3.05, 3.63) is 5.56 Å². The van der Waals surface area contributed by atoms with Gasteiger partial charge < -0.3 is 10.6 Å². The van der Waals surface area contributed by atoms with Crippen LogP contribution in [-0.4, -0.2) is 17.5 Å². The second kappa shape index (κ2) is 4.07. The Hall–Kier alpha value is -1.28. The lowest BCUT2D eigenvalue weighted by atomic mass is 9.99. The highest BCUT2D eigenvalue weighted by molar-refractivity contribution is 7.10. The molecular formula is C10H14N4S. The molecule has 1 aromatic heterocycles. The summed E-state index contributed by atoms with van der Waals surface area (Å²) >= 11 is 1.34. The molecule has 1 aliphatic heterocycles. The molecule has 4 nitrogen and oxygen atoms in total. The van der Waals surface area contributed by atoms with E-state index in [2.05, 4.69) is 22.3 Å². The highest BCUT2D eigenvalue weighted by Gasteiger charge is 2.21. The summed E-state index contributed by atoms with van der Waals surface area (Å²) in [5, 5.41) is 9.93. The van der Waals surface area contributed by atoms with Crippen molar-refractivity contribution in [3.8, 4) is 6.07 Å². The third-order valence-corrected chi connectivity index (χ3v) is 3.81. The standard InChI is InChI=1S/C10H14N4S/c1-7-2-4-14(5-3-7)10-8(6-11)9(12)13-15-10/h7H,2-5H2,1H3,(H2,12,13). The van der Waals surface area contributed by atoms with E-state index in [1.54, 1.807) is 0 Å². The lowest BCUT2D eigenvalue weighted by Gasteiger charge is -2.30. The van der Waals surface area contributed by atoms with Gasteiger partial charge in [-0.2, -0.15) is 9.64 Å². The maximum absolute atomic E-state index is 8.98. The summed E-state index contributed by atoms with van der Waals surface area (Å²) in [4.78, 5) is 2.23. The molecule has 1 fully saturated rings. The summed E-state index contributed by atoms with van der Waals surface area (Å²) < 4.78 is 4.04. The molecule has 5 heteroatoms. The molecule has 0 unspecified atom stereocenters. The van der Waals surface area contributed by atoms with Crippen molar-refractivity contribution < 1.29 is 0 Å². The van der Waals surface area contributed by atoms with E-state index in [0.717, 1.165) is 24.0 Å². The molecule has 0 aromatic carbocycles. The monoisotopic (exact) mass is 222 g/mol. The minimum Gasteiger partial charge on any atom is -0.382 e. The second-order valence-corrected chi connectivity index (χ2v) is 4.78. The number of hydrogen-bond donors (Lipinski definition) is 1. The van der Waals surface area contributed by atoms with Crippen LogP contribution in [0, 0.1) is 17.2 Å². The molecule has 0 radical (unpaired) electrons. The molecule has 0 amide bonds. The Morgan fingerprint density at radius 3 is 2.80 bits per heavy atom. The Morgan fingerprint density at radius 1 is 1.53 bits per heavy atom. The molecule has 0 aliphatic carbocycles. The molecule has 2 rings (SSSR count). The number of nitrogen functional groups attached to an aromatic ring is 1. The van der Waals surface area contributed by atoms with E-state index in [4.69, 9.17) is 11.0 Å². The highest BCUT2D eigenvalue weighted by Crippen LogP contribution is 2.32. The van der Waals surface area contributed by atoms with Crippen LogP contribution in [0.25, 0.3) is 0 Å². The Labute approximate surface area is 93.5 Å². The van der Waals surface area contributed by atoms with E-state index in [9.17, 15) is 0 Å². The smallest absolute Gasteiger partial charge is 0.157 e. The lowest BCUT2D eigenvalue weighted by Crippen LogP contribution is -2.32. The van der Waals surface area contributed by atoms with Crippen LogP contribution in [0.5, 0.6) is 0 Å². The quantitative estimate of drug-likeness (QED) is 0.787. The summed E-state index contributed by atoms with van der Waals surface area (Å²) in [5.74, 6) is 1.16. The number of hydrogen-bond acceptors (Lipinski definition) is 5. The molecule has 0 bridgehead atoms. The van der Waals surface area contributed by atoms with E-state index in [0.29, 0.717) is 11.4 Å². The fourth-order valence-corrected chi connectivity index (χ4v) is 2.64. The SMILES string of the molecule is CC1CCN(c2snc(N)c2C#N)CC1. The predicted molar refractivity (Wildman–Crippen MR) is 61.9 cm³/mol. The maximum Gasteiger partial charge on any atom is 0.157 e. The van der Waals surface area contributed by atoms with Crippen molar-refractivity contribution in [2.75, 3.05) is 23.7 Å². The number of aromatic nitrogens is 1.